The van der Waals surface area contributed by atoms with Crippen molar-refractivity contribution in [3.05, 3.63) is 122 Å². The predicted molar refractivity (Wildman–Crippen MR) is 156 cm³/mol. The topological polar surface area (TPSA) is 103 Å². The number of alkyl halides is 3. The molecule has 0 saturated heterocycles. The summed E-state index contributed by atoms with van der Waals surface area (Å²) in [7, 11) is 1.21. The molecule has 4 rings (SSSR count). The number of methoxy groups -OCH3 is 1. The van der Waals surface area contributed by atoms with Gasteiger partial charge in [0.2, 0.25) is 0 Å². The highest BCUT2D eigenvalue weighted by molar-refractivity contribution is 5.68. The van der Waals surface area contributed by atoms with Crippen molar-refractivity contribution < 1.29 is 36.6 Å². The summed E-state index contributed by atoms with van der Waals surface area (Å²) in [5, 5.41) is 12.4. The average molecular weight is 632 g/mol. The van der Waals surface area contributed by atoms with Crippen LogP contribution < -0.4 is 21.3 Å². The van der Waals surface area contributed by atoms with Gasteiger partial charge in [-0.15, -0.1) is 0 Å². The van der Waals surface area contributed by atoms with Gasteiger partial charge in [-0.2, -0.15) is 13.2 Å². The molecule has 0 aliphatic carbocycles. The Bertz CT molecular complexity index is 1820. The van der Waals surface area contributed by atoms with Crippen LogP contribution in [0.2, 0.25) is 0 Å². The van der Waals surface area contributed by atoms with Crippen LogP contribution in [0.4, 0.5) is 22.0 Å². The SMILES string of the molecule is COc1cccc(-c2c(C)n(Cc3c(F)cccc3C(F)(F)F)c(=O)n(CC(NC(C)CC(=O)O)c3ccccc3)c2=O)c1F. The first-order chi connectivity index (χ1) is 21.2. The highest BCUT2D eigenvalue weighted by Crippen LogP contribution is 2.34. The van der Waals surface area contributed by atoms with Gasteiger partial charge < -0.3 is 15.2 Å². The van der Waals surface area contributed by atoms with Gasteiger partial charge in [-0.25, -0.2) is 13.6 Å². The highest BCUT2D eigenvalue weighted by Gasteiger charge is 2.35. The highest BCUT2D eigenvalue weighted by atomic mass is 19.4. The summed E-state index contributed by atoms with van der Waals surface area (Å²) >= 11 is 0. The van der Waals surface area contributed by atoms with Crippen LogP contribution in [0.3, 0.4) is 0 Å². The van der Waals surface area contributed by atoms with Gasteiger partial charge in [-0.1, -0.05) is 48.5 Å². The van der Waals surface area contributed by atoms with E-state index in [0.717, 1.165) is 21.3 Å². The molecular formula is C32H30F5N3O5. The molecular weight excluding hydrogens is 601 g/mol. The molecule has 0 radical (unpaired) electrons. The standard InChI is InChI=1S/C32H30F5N3O5/c1-18(15-27(41)42)38-25(20-9-5-4-6-10-20)17-40-30(43)28(21-11-7-14-26(45-3)29(21)34)19(2)39(31(40)44)16-22-23(32(35,36)37)12-8-13-24(22)33/h4-14,18,25,38H,15-17H2,1-3H3,(H,41,42). The third kappa shape index (κ3) is 7.14. The number of carboxylic acid groups (broad SMARTS) is 1. The first-order valence-corrected chi connectivity index (χ1v) is 13.8. The van der Waals surface area contributed by atoms with Gasteiger partial charge in [0.25, 0.3) is 5.56 Å². The summed E-state index contributed by atoms with van der Waals surface area (Å²) in [6.07, 6.45) is -5.27. The van der Waals surface area contributed by atoms with Crippen molar-refractivity contribution >= 4 is 5.97 Å². The minimum absolute atomic E-state index is 0.201. The number of carbonyl (C=O) groups is 1. The van der Waals surface area contributed by atoms with Crippen LogP contribution in [0, 0.1) is 18.6 Å². The number of hydrogen-bond donors (Lipinski definition) is 2. The molecule has 4 aromatic rings. The largest absolute Gasteiger partial charge is 0.494 e. The Morgan fingerprint density at radius 1 is 0.978 bits per heavy atom. The van der Waals surface area contributed by atoms with Crippen LogP contribution in [0.5, 0.6) is 5.75 Å². The molecule has 0 aliphatic heterocycles. The minimum Gasteiger partial charge on any atom is -0.494 e. The number of aliphatic carboxylic acids is 1. The lowest BCUT2D eigenvalue weighted by atomic mass is 10.0. The van der Waals surface area contributed by atoms with Gasteiger partial charge >= 0.3 is 17.8 Å². The van der Waals surface area contributed by atoms with Crippen LogP contribution >= 0.6 is 0 Å². The molecule has 0 amide bonds. The number of carboxylic acids is 1. The molecule has 13 heteroatoms. The van der Waals surface area contributed by atoms with E-state index in [4.69, 9.17) is 4.74 Å². The molecule has 0 saturated carbocycles. The van der Waals surface area contributed by atoms with Crippen molar-refractivity contribution in [2.75, 3.05) is 7.11 Å². The lowest BCUT2D eigenvalue weighted by Gasteiger charge is -2.25. The third-order valence-corrected chi connectivity index (χ3v) is 7.41. The van der Waals surface area contributed by atoms with Gasteiger partial charge in [-0.3, -0.25) is 18.7 Å². The second-order valence-electron chi connectivity index (χ2n) is 10.5. The molecule has 2 N–H and O–H groups in total. The maximum atomic E-state index is 15.6. The van der Waals surface area contributed by atoms with E-state index in [9.17, 15) is 37.1 Å². The zero-order valence-corrected chi connectivity index (χ0v) is 24.5. The van der Waals surface area contributed by atoms with Crippen LogP contribution in [-0.4, -0.2) is 33.4 Å². The summed E-state index contributed by atoms with van der Waals surface area (Å²) in [6, 6.07) is 13.3. The number of hydrogen-bond acceptors (Lipinski definition) is 5. The van der Waals surface area contributed by atoms with E-state index in [0.29, 0.717) is 11.6 Å². The second kappa shape index (κ2) is 13.5. The van der Waals surface area contributed by atoms with Crippen molar-refractivity contribution in [2.45, 2.75) is 51.6 Å². The monoisotopic (exact) mass is 631 g/mol. The van der Waals surface area contributed by atoms with Crippen molar-refractivity contribution in [1.29, 1.82) is 0 Å². The second-order valence-corrected chi connectivity index (χ2v) is 10.5. The molecule has 0 bridgehead atoms. The molecule has 0 spiro atoms. The summed E-state index contributed by atoms with van der Waals surface area (Å²) < 4.78 is 78.8. The van der Waals surface area contributed by atoms with Crippen LogP contribution in [0.1, 0.15) is 41.8 Å². The van der Waals surface area contributed by atoms with E-state index in [1.807, 2.05) is 0 Å². The Morgan fingerprint density at radius 3 is 2.27 bits per heavy atom. The lowest BCUT2D eigenvalue weighted by Crippen LogP contribution is -2.46. The normalized spacial score (nSPS) is 13.0. The number of halogens is 5. The number of benzene rings is 3. The fourth-order valence-electron chi connectivity index (χ4n) is 5.25. The fourth-order valence-corrected chi connectivity index (χ4v) is 5.25. The molecule has 0 aliphatic rings. The first-order valence-electron chi connectivity index (χ1n) is 13.8. The van der Waals surface area contributed by atoms with Gasteiger partial charge in [0.15, 0.2) is 11.6 Å². The Labute approximate surface area is 254 Å². The predicted octanol–water partition coefficient (Wildman–Crippen LogP) is 5.53. The van der Waals surface area contributed by atoms with Crippen LogP contribution in [-0.2, 0) is 24.1 Å². The maximum absolute atomic E-state index is 15.6. The number of nitrogens with one attached hydrogen (secondary N) is 1. The summed E-state index contributed by atoms with van der Waals surface area (Å²) in [4.78, 5) is 39.4. The molecule has 238 valence electrons. The Hall–Kier alpha value is -4.78. The molecule has 8 nitrogen and oxygen atoms in total. The molecule has 45 heavy (non-hydrogen) atoms. The van der Waals surface area contributed by atoms with Gasteiger partial charge in [-0.05, 0) is 37.6 Å². The van der Waals surface area contributed by atoms with Gasteiger partial charge in [0.05, 0.1) is 43.8 Å². The number of aromatic nitrogens is 2. The molecule has 0 fully saturated rings. The van der Waals surface area contributed by atoms with Gasteiger partial charge in [0, 0.05) is 22.9 Å². The Balaban J connectivity index is 2.00. The summed E-state index contributed by atoms with van der Waals surface area (Å²) in [5.74, 6) is -3.51. The Kier molecular flexibility index (Phi) is 9.91. The third-order valence-electron chi connectivity index (χ3n) is 7.41. The van der Waals surface area contributed by atoms with Gasteiger partial charge in [0.1, 0.15) is 5.82 Å². The maximum Gasteiger partial charge on any atom is 0.416 e. The van der Waals surface area contributed by atoms with E-state index in [-0.39, 0.29) is 29.0 Å². The quantitative estimate of drug-likeness (QED) is 0.211. The zero-order valence-electron chi connectivity index (χ0n) is 24.5. The van der Waals surface area contributed by atoms with E-state index >= 15 is 4.39 Å². The molecule has 2 unspecified atom stereocenters. The van der Waals surface area contributed by atoms with Crippen molar-refractivity contribution in [3.8, 4) is 16.9 Å². The molecule has 2 atom stereocenters. The van der Waals surface area contributed by atoms with Crippen molar-refractivity contribution in [2.24, 2.45) is 0 Å². The number of nitrogens with zero attached hydrogens (tertiary/aromatic N) is 2. The molecule has 1 heterocycles. The average Bonchev–Trinajstić information content (AvgIpc) is 2.98. The smallest absolute Gasteiger partial charge is 0.416 e. The first kappa shape index (κ1) is 33.1. The van der Waals surface area contributed by atoms with E-state index in [1.54, 1.807) is 37.3 Å². The number of ether oxygens (including phenoxy) is 1. The van der Waals surface area contributed by atoms with Crippen LogP contribution in [0.15, 0.2) is 76.3 Å². The van der Waals surface area contributed by atoms with E-state index in [1.165, 1.54) is 32.2 Å². The number of rotatable bonds is 11. The molecule has 3 aromatic carbocycles. The van der Waals surface area contributed by atoms with Crippen LogP contribution in [0.25, 0.3) is 11.1 Å². The molecule has 1 aromatic heterocycles. The summed E-state index contributed by atoms with van der Waals surface area (Å²) in [5.41, 5.74) is -4.46. The lowest BCUT2D eigenvalue weighted by molar-refractivity contribution is -0.139. The van der Waals surface area contributed by atoms with E-state index < -0.39 is 71.3 Å². The van der Waals surface area contributed by atoms with E-state index in [2.05, 4.69) is 5.32 Å². The Morgan fingerprint density at radius 2 is 1.64 bits per heavy atom. The fraction of sp³-hybridized carbons (Fsp3) is 0.281. The van der Waals surface area contributed by atoms with Crippen molar-refractivity contribution in [1.82, 2.24) is 14.5 Å². The summed E-state index contributed by atoms with van der Waals surface area (Å²) in [6.45, 7) is 1.50. The minimum atomic E-state index is -4.96. The van der Waals surface area contributed by atoms with Crippen molar-refractivity contribution in [3.63, 3.8) is 0 Å². The zero-order chi connectivity index (χ0) is 33.1.